The Hall–Kier alpha value is -1.37. The van der Waals surface area contributed by atoms with Crippen LogP contribution in [0, 0.1) is 0 Å². The monoisotopic (exact) mass is 387 g/mol. The summed E-state index contributed by atoms with van der Waals surface area (Å²) in [6, 6.07) is 11.0. The maximum Gasteiger partial charge on any atom is 0.257 e. The maximum absolute atomic E-state index is 12.2. The fraction of sp³-hybridized carbons (Fsp3) is 0.0714. The summed E-state index contributed by atoms with van der Waals surface area (Å²) in [5.74, 6) is -0.410. The van der Waals surface area contributed by atoms with E-state index in [1.54, 1.807) is 30.3 Å². The van der Waals surface area contributed by atoms with E-state index in [9.17, 15) is 13.2 Å². The minimum Gasteiger partial charge on any atom is -0.322 e. The van der Waals surface area contributed by atoms with Crippen molar-refractivity contribution in [3.63, 3.8) is 0 Å². The third-order valence-corrected chi connectivity index (χ3v) is 5.12. The zero-order valence-electron chi connectivity index (χ0n) is 10.9. The summed E-state index contributed by atoms with van der Waals surface area (Å²) in [4.78, 5) is 12.3. The highest BCUT2D eigenvalue weighted by atomic mass is 79.9. The minimum atomic E-state index is -3.33. The quantitative estimate of drug-likeness (QED) is 0.871. The molecular formula is C14H11BrClNO3S. The van der Waals surface area contributed by atoms with Crippen LogP contribution in [0.5, 0.6) is 0 Å². The van der Waals surface area contributed by atoms with Crippen molar-refractivity contribution in [3.05, 3.63) is 57.5 Å². The third-order valence-electron chi connectivity index (χ3n) is 2.72. The highest BCUT2D eigenvalue weighted by Crippen LogP contribution is 2.27. The molecule has 0 fully saturated rings. The zero-order chi connectivity index (χ0) is 15.6. The smallest absolute Gasteiger partial charge is 0.257 e. The lowest BCUT2D eigenvalue weighted by molar-refractivity contribution is 0.102. The number of anilines is 1. The van der Waals surface area contributed by atoms with E-state index in [0.717, 1.165) is 6.26 Å². The van der Waals surface area contributed by atoms with Crippen molar-refractivity contribution < 1.29 is 13.2 Å². The molecule has 0 bridgehead atoms. The second-order valence-corrected chi connectivity index (χ2v) is 7.60. The van der Waals surface area contributed by atoms with Crippen molar-refractivity contribution in [1.29, 1.82) is 0 Å². The molecule has 0 unspecified atom stereocenters. The fourth-order valence-corrected chi connectivity index (χ4v) is 2.93. The normalized spacial score (nSPS) is 11.2. The van der Waals surface area contributed by atoms with Gasteiger partial charge in [0.25, 0.3) is 5.91 Å². The first-order valence-electron chi connectivity index (χ1n) is 5.84. The molecule has 0 saturated heterocycles. The second-order valence-electron chi connectivity index (χ2n) is 4.36. The van der Waals surface area contributed by atoms with Crippen LogP contribution in [0.4, 0.5) is 5.69 Å². The van der Waals surface area contributed by atoms with Crippen molar-refractivity contribution in [2.75, 3.05) is 11.6 Å². The van der Waals surface area contributed by atoms with Crippen molar-refractivity contribution in [2.24, 2.45) is 0 Å². The first-order valence-corrected chi connectivity index (χ1v) is 8.91. The summed E-state index contributed by atoms with van der Waals surface area (Å²) in [5.41, 5.74) is 0.690. The van der Waals surface area contributed by atoms with Crippen LogP contribution >= 0.6 is 27.5 Å². The lowest BCUT2D eigenvalue weighted by Gasteiger charge is -2.08. The number of rotatable bonds is 3. The summed E-state index contributed by atoms with van der Waals surface area (Å²) >= 11 is 9.30. The average molecular weight is 389 g/mol. The molecule has 0 aliphatic carbocycles. The van der Waals surface area contributed by atoms with E-state index < -0.39 is 15.7 Å². The molecular weight excluding hydrogens is 378 g/mol. The van der Waals surface area contributed by atoms with Crippen LogP contribution in [0.1, 0.15) is 10.4 Å². The van der Waals surface area contributed by atoms with Crippen molar-refractivity contribution >= 4 is 49.0 Å². The predicted molar refractivity (Wildman–Crippen MR) is 86.7 cm³/mol. The number of halogens is 2. The number of carbonyl (C=O) groups excluding carboxylic acids is 1. The van der Waals surface area contributed by atoms with Gasteiger partial charge in [0.15, 0.2) is 9.84 Å². The fourth-order valence-electron chi connectivity index (χ4n) is 1.68. The molecule has 7 heteroatoms. The molecule has 0 saturated carbocycles. The molecule has 2 aromatic carbocycles. The highest BCUT2D eigenvalue weighted by Gasteiger charge is 2.14. The molecule has 0 aliphatic heterocycles. The summed E-state index contributed by atoms with van der Waals surface area (Å²) in [6.45, 7) is 0. The molecule has 4 nitrogen and oxygen atoms in total. The largest absolute Gasteiger partial charge is 0.322 e. The lowest BCUT2D eigenvalue weighted by atomic mass is 10.2. The Bertz CT molecular complexity index is 806. The molecule has 0 radical (unpaired) electrons. The molecule has 0 atom stereocenters. The van der Waals surface area contributed by atoms with E-state index in [1.165, 1.54) is 12.1 Å². The Morgan fingerprint density at radius 2 is 1.86 bits per heavy atom. The molecule has 2 rings (SSSR count). The van der Waals surface area contributed by atoms with Crippen LogP contribution in [0.3, 0.4) is 0 Å². The van der Waals surface area contributed by atoms with Crippen LogP contribution in [-0.4, -0.2) is 20.6 Å². The lowest BCUT2D eigenvalue weighted by Crippen LogP contribution is -2.13. The van der Waals surface area contributed by atoms with E-state index in [1.807, 2.05) is 0 Å². The first-order chi connectivity index (χ1) is 9.79. The van der Waals surface area contributed by atoms with Gasteiger partial charge in [0.05, 0.1) is 15.5 Å². The van der Waals surface area contributed by atoms with Gasteiger partial charge in [-0.15, -0.1) is 0 Å². The van der Waals surface area contributed by atoms with Crippen molar-refractivity contribution in [3.8, 4) is 0 Å². The molecule has 2 aromatic rings. The predicted octanol–water partition coefficient (Wildman–Crippen LogP) is 3.76. The topological polar surface area (TPSA) is 63.2 Å². The number of nitrogens with one attached hydrogen (secondary N) is 1. The second kappa shape index (κ2) is 6.17. The van der Waals surface area contributed by atoms with Gasteiger partial charge in [0, 0.05) is 16.4 Å². The van der Waals surface area contributed by atoms with Gasteiger partial charge >= 0.3 is 0 Å². The van der Waals surface area contributed by atoms with Crippen molar-refractivity contribution in [2.45, 2.75) is 4.90 Å². The van der Waals surface area contributed by atoms with Gasteiger partial charge in [-0.25, -0.2) is 8.42 Å². The standard InChI is InChI=1S/C14H11BrClNO3S/c1-21(19,20)10-5-2-4-9(8-10)17-14(18)11-6-3-7-12(15)13(11)16/h2-8H,1H3,(H,17,18). The minimum absolute atomic E-state index is 0.139. The Balaban J connectivity index is 2.30. The SMILES string of the molecule is CS(=O)(=O)c1cccc(NC(=O)c2cccc(Br)c2Cl)c1. The first kappa shape index (κ1) is 16.0. The molecule has 21 heavy (non-hydrogen) atoms. The van der Waals surface area contributed by atoms with E-state index in [4.69, 9.17) is 11.6 Å². The highest BCUT2D eigenvalue weighted by molar-refractivity contribution is 9.10. The molecule has 1 amide bonds. The van der Waals surface area contributed by atoms with Crippen LogP contribution in [0.2, 0.25) is 5.02 Å². The Labute approximate surface area is 136 Å². The third kappa shape index (κ3) is 3.84. The number of sulfone groups is 1. The molecule has 1 N–H and O–H groups in total. The van der Waals surface area contributed by atoms with E-state index >= 15 is 0 Å². The number of hydrogen-bond acceptors (Lipinski definition) is 3. The van der Waals surface area contributed by atoms with Gasteiger partial charge in [0.2, 0.25) is 0 Å². The maximum atomic E-state index is 12.2. The summed E-state index contributed by atoms with van der Waals surface area (Å²) in [6.07, 6.45) is 1.11. The van der Waals surface area contributed by atoms with Crippen LogP contribution < -0.4 is 5.32 Å². The van der Waals surface area contributed by atoms with E-state index in [-0.39, 0.29) is 4.90 Å². The van der Waals surface area contributed by atoms with Gasteiger partial charge in [-0.1, -0.05) is 23.7 Å². The molecule has 0 aromatic heterocycles. The summed E-state index contributed by atoms with van der Waals surface area (Å²) < 4.78 is 23.6. The number of carbonyl (C=O) groups is 1. The summed E-state index contributed by atoms with van der Waals surface area (Å²) in [5, 5.41) is 2.93. The molecule has 0 aliphatic rings. The Morgan fingerprint density at radius 1 is 1.19 bits per heavy atom. The van der Waals surface area contributed by atoms with Crippen LogP contribution in [0.15, 0.2) is 51.8 Å². The summed E-state index contributed by atoms with van der Waals surface area (Å²) in [7, 11) is -3.33. The zero-order valence-corrected chi connectivity index (χ0v) is 14.1. The Morgan fingerprint density at radius 3 is 2.52 bits per heavy atom. The average Bonchev–Trinajstić information content (AvgIpc) is 2.41. The van der Waals surface area contributed by atoms with Crippen LogP contribution in [0.25, 0.3) is 0 Å². The van der Waals surface area contributed by atoms with Gasteiger partial charge in [-0.05, 0) is 46.3 Å². The van der Waals surface area contributed by atoms with E-state index in [0.29, 0.717) is 20.7 Å². The number of hydrogen-bond donors (Lipinski definition) is 1. The van der Waals surface area contributed by atoms with Crippen LogP contribution in [-0.2, 0) is 9.84 Å². The number of benzene rings is 2. The molecule has 0 spiro atoms. The van der Waals surface area contributed by atoms with E-state index in [2.05, 4.69) is 21.2 Å². The number of amides is 1. The molecule has 0 heterocycles. The van der Waals surface area contributed by atoms with Gasteiger partial charge in [0.1, 0.15) is 0 Å². The van der Waals surface area contributed by atoms with Gasteiger partial charge in [-0.2, -0.15) is 0 Å². The van der Waals surface area contributed by atoms with Crippen molar-refractivity contribution in [1.82, 2.24) is 0 Å². The molecule has 110 valence electrons. The van der Waals surface area contributed by atoms with Gasteiger partial charge < -0.3 is 5.32 Å². The Kier molecular flexibility index (Phi) is 4.70. The van der Waals surface area contributed by atoms with Gasteiger partial charge in [-0.3, -0.25) is 4.79 Å².